The molecule has 21 heavy (non-hydrogen) atoms. The fraction of sp³-hybridized carbons (Fsp3) is 0.333. The van der Waals surface area contributed by atoms with Crippen molar-refractivity contribution in [3.8, 4) is 0 Å². The average Bonchev–Trinajstić information content (AvgIpc) is 2.79. The van der Waals surface area contributed by atoms with E-state index in [1.54, 1.807) is 0 Å². The minimum atomic E-state index is -0.346. The van der Waals surface area contributed by atoms with Crippen molar-refractivity contribution in [2.75, 3.05) is 0 Å². The number of hydrogen-bond donors (Lipinski definition) is 2. The quantitative estimate of drug-likeness (QED) is 0.894. The average molecular weight is 284 g/mol. The monoisotopic (exact) mass is 284 g/mol. The topological polar surface area (TPSA) is 38.0 Å². The molecule has 110 valence electrons. The molecule has 0 amide bonds. The molecule has 3 heteroatoms. The Morgan fingerprint density at radius 1 is 1.14 bits per heavy atom. The van der Waals surface area contributed by atoms with Crippen LogP contribution in [0, 0.1) is 5.82 Å². The third kappa shape index (κ3) is 3.49. The zero-order valence-corrected chi connectivity index (χ0v) is 12.3. The Bertz CT molecular complexity index is 581. The second-order valence-corrected chi connectivity index (χ2v) is 6.20. The Morgan fingerprint density at radius 2 is 1.71 bits per heavy atom. The summed E-state index contributed by atoms with van der Waals surface area (Å²) in [7, 11) is 0. The Balaban J connectivity index is 1.58. The van der Waals surface area contributed by atoms with E-state index in [0.29, 0.717) is 6.04 Å². The molecule has 1 aromatic rings. The van der Waals surface area contributed by atoms with Crippen molar-refractivity contribution < 1.29 is 4.39 Å². The summed E-state index contributed by atoms with van der Waals surface area (Å²) < 4.78 is 12.9. The summed E-state index contributed by atoms with van der Waals surface area (Å²) in [6.07, 6.45) is 10.5. The number of benzene rings is 1. The van der Waals surface area contributed by atoms with E-state index in [-0.39, 0.29) is 11.4 Å². The van der Waals surface area contributed by atoms with Gasteiger partial charge < -0.3 is 11.1 Å². The lowest BCUT2D eigenvalue weighted by atomic mass is 10.0. The van der Waals surface area contributed by atoms with Crippen LogP contribution in [0.1, 0.15) is 25.3 Å². The van der Waals surface area contributed by atoms with Crippen LogP contribution in [0.2, 0.25) is 0 Å². The molecule has 0 saturated heterocycles. The molecule has 3 rings (SSSR count). The second-order valence-electron chi connectivity index (χ2n) is 6.20. The predicted octanol–water partition coefficient (Wildman–Crippen LogP) is 3.22. The molecule has 0 atom stereocenters. The Morgan fingerprint density at radius 3 is 2.29 bits per heavy atom. The Hall–Kier alpha value is -1.71. The Kier molecular flexibility index (Phi) is 3.79. The van der Waals surface area contributed by atoms with Gasteiger partial charge in [0.2, 0.25) is 0 Å². The fourth-order valence-electron chi connectivity index (χ4n) is 2.84. The van der Waals surface area contributed by atoms with E-state index >= 15 is 0 Å². The van der Waals surface area contributed by atoms with Crippen molar-refractivity contribution in [1.82, 2.24) is 5.32 Å². The predicted molar refractivity (Wildman–Crippen MR) is 84.2 cm³/mol. The summed E-state index contributed by atoms with van der Waals surface area (Å²) >= 11 is 0. The van der Waals surface area contributed by atoms with Crippen LogP contribution < -0.4 is 11.1 Å². The van der Waals surface area contributed by atoms with Gasteiger partial charge in [-0.1, -0.05) is 36.4 Å². The summed E-state index contributed by atoms with van der Waals surface area (Å²) in [6, 6.07) is 7.11. The van der Waals surface area contributed by atoms with Crippen LogP contribution in [0.25, 0.3) is 0 Å². The van der Waals surface area contributed by atoms with Crippen LogP contribution in [0.15, 0.2) is 59.7 Å². The maximum absolute atomic E-state index is 12.9. The highest BCUT2D eigenvalue weighted by Crippen LogP contribution is 2.31. The van der Waals surface area contributed by atoms with Crippen LogP contribution in [-0.4, -0.2) is 11.6 Å². The van der Waals surface area contributed by atoms with Gasteiger partial charge in [-0.15, -0.1) is 0 Å². The highest BCUT2D eigenvalue weighted by atomic mass is 19.1. The fourth-order valence-corrected chi connectivity index (χ4v) is 2.84. The van der Waals surface area contributed by atoms with Gasteiger partial charge in [0.25, 0.3) is 0 Å². The van der Waals surface area contributed by atoms with Gasteiger partial charge in [0, 0.05) is 12.6 Å². The normalized spacial score (nSPS) is 20.7. The lowest BCUT2D eigenvalue weighted by Gasteiger charge is -2.15. The lowest BCUT2D eigenvalue weighted by Crippen LogP contribution is -2.30. The molecule has 0 saturated carbocycles. The van der Waals surface area contributed by atoms with E-state index in [0.717, 1.165) is 24.9 Å². The summed E-state index contributed by atoms with van der Waals surface area (Å²) in [4.78, 5) is 0. The summed E-state index contributed by atoms with van der Waals surface area (Å²) in [5.74, 6) is -0.187. The highest BCUT2D eigenvalue weighted by Gasteiger charge is 2.24. The van der Waals surface area contributed by atoms with Crippen LogP contribution in [0.3, 0.4) is 0 Å². The van der Waals surface area contributed by atoms with E-state index < -0.39 is 0 Å². The molecule has 0 bridgehead atoms. The van der Waals surface area contributed by atoms with E-state index in [9.17, 15) is 4.39 Å². The largest absolute Gasteiger partial charge is 0.319 e. The van der Waals surface area contributed by atoms with Crippen molar-refractivity contribution in [2.45, 2.75) is 37.9 Å². The molecule has 0 radical (unpaired) electrons. The summed E-state index contributed by atoms with van der Waals surface area (Å²) in [5, 5.41) is 3.55. The molecule has 0 spiro atoms. The number of hydrogen-bond acceptors (Lipinski definition) is 2. The van der Waals surface area contributed by atoms with Gasteiger partial charge in [0.05, 0.1) is 5.54 Å². The summed E-state index contributed by atoms with van der Waals surface area (Å²) in [6.45, 7) is 2.78. The van der Waals surface area contributed by atoms with Crippen molar-refractivity contribution in [1.29, 1.82) is 0 Å². The van der Waals surface area contributed by atoms with E-state index in [2.05, 4.69) is 29.6 Å². The van der Waals surface area contributed by atoms with Gasteiger partial charge in [0.15, 0.2) is 0 Å². The van der Waals surface area contributed by atoms with Gasteiger partial charge in [-0.3, -0.25) is 0 Å². The smallest absolute Gasteiger partial charge is 0.123 e. The third-order valence-electron chi connectivity index (χ3n) is 4.14. The first-order valence-corrected chi connectivity index (χ1v) is 7.39. The third-order valence-corrected chi connectivity index (χ3v) is 4.14. The molecule has 3 N–H and O–H groups in total. The SMILES string of the molecule is CC1(N)C=CC2=C(C=C1)CC(NCc1ccc(F)cc1)C2. The molecule has 0 heterocycles. The Labute approximate surface area is 125 Å². The zero-order chi connectivity index (χ0) is 14.9. The number of nitrogens with two attached hydrogens (primary N) is 1. The van der Waals surface area contributed by atoms with Crippen molar-refractivity contribution in [3.05, 3.63) is 71.1 Å². The second kappa shape index (κ2) is 5.58. The molecule has 0 aliphatic heterocycles. The van der Waals surface area contributed by atoms with E-state index in [4.69, 9.17) is 5.73 Å². The first-order chi connectivity index (χ1) is 10.0. The number of nitrogens with one attached hydrogen (secondary N) is 1. The first-order valence-electron chi connectivity index (χ1n) is 7.39. The number of rotatable bonds is 3. The van der Waals surface area contributed by atoms with Gasteiger partial charge in [0.1, 0.15) is 5.82 Å². The molecule has 0 unspecified atom stereocenters. The zero-order valence-electron chi connectivity index (χ0n) is 12.3. The molecule has 2 nitrogen and oxygen atoms in total. The van der Waals surface area contributed by atoms with Gasteiger partial charge in [-0.25, -0.2) is 4.39 Å². The van der Waals surface area contributed by atoms with Crippen molar-refractivity contribution in [2.24, 2.45) is 5.73 Å². The van der Waals surface area contributed by atoms with Crippen molar-refractivity contribution in [3.63, 3.8) is 0 Å². The maximum atomic E-state index is 12.9. The van der Waals surface area contributed by atoms with Gasteiger partial charge in [-0.05, 0) is 48.6 Å². The molecule has 0 aromatic heterocycles. The van der Waals surface area contributed by atoms with Crippen LogP contribution in [0.5, 0.6) is 0 Å². The minimum absolute atomic E-state index is 0.187. The van der Waals surface area contributed by atoms with Gasteiger partial charge >= 0.3 is 0 Å². The first kappa shape index (κ1) is 14.2. The molecule has 2 aliphatic carbocycles. The van der Waals surface area contributed by atoms with E-state index in [1.807, 2.05) is 19.1 Å². The van der Waals surface area contributed by atoms with Crippen molar-refractivity contribution >= 4 is 0 Å². The van der Waals surface area contributed by atoms with Gasteiger partial charge in [-0.2, -0.15) is 0 Å². The highest BCUT2D eigenvalue weighted by molar-refractivity contribution is 5.44. The molecule has 0 fully saturated rings. The number of halogens is 1. The lowest BCUT2D eigenvalue weighted by molar-refractivity contribution is 0.531. The standard InChI is InChI=1S/C18H21FN2/c1-18(20)8-6-14-10-17(11-15(14)7-9-18)21-12-13-2-4-16(19)5-3-13/h2-9,17,21H,10-12,20H2,1H3. The van der Waals surface area contributed by atoms with Crippen LogP contribution >= 0.6 is 0 Å². The molecular weight excluding hydrogens is 263 g/mol. The summed E-state index contributed by atoms with van der Waals surface area (Å²) in [5.41, 5.74) is 9.62. The van der Waals surface area contributed by atoms with Crippen LogP contribution in [-0.2, 0) is 6.54 Å². The molecule has 2 aliphatic rings. The van der Waals surface area contributed by atoms with E-state index in [1.165, 1.54) is 23.3 Å². The molecule has 1 aromatic carbocycles. The minimum Gasteiger partial charge on any atom is -0.319 e. The number of allylic oxidation sites excluding steroid dienone is 2. The molecular formula is C18H21FN2. The van der Waals surface area contributed by atoms with Crippen LogP contribution in [0.4, 0.5) is 4.39 Å². The maximum Gasteiger partial charge on any atom is 0.123 e.